The maximum atomic E-state index is 11.8. The Labute approximate surface area is 120 Å². The zero-order valence-electron chi connectivity index (χ0n) is 10.4. The zero-order chi connectivity index (χ0) is 13.8. The summed E-state index contributed by atoms with van der Waals surface area (Å²) in [7, 11) is 0. The van der Waals surface area contributed by atoms with Gasteiger partial charge in [0.25, 0.3) is 0 Å². The molecule has 0 aliphatic rings. The minimum atomic E-state index is -0.286. The third-order valence-corrected chi connectivity index (χ3v) is 3.47. The molecule has 0 radical (unpaired) electrons. The van der Waals surface area contributed by atoms with Crippen molar-refractivity contribution in [3.63, 3.8) is 0 Å². The molecule has 0 fully saturated rings. The minimum Gasteiger partial charge on any atom is -0.399 e. The van der Waals surface area contributed by atoms with Crippen LogP contribution in [0.15, 0.2) is 46.9 Å². The van der Waals surface area contributed by atoms with E-state index in [1.807, 2.05) is 25.1 Å². The second-order valence-corrected chi connectivity index (χ2v) is 5.02. The van der Waals surface area contributed by atoms with Gasteiger partial charge in [-0.1, -0.05) is 15.9 Å². The summed E-state index contributed by atoms with van der Waals surface area (Å²) in [5, 5.41) is 5.51. The molecule has 2 aromatic rings. The second kappa shape index (κ2) is 5.75. The van der Waals surface area contributed by atoms with Crippen molar-refractivity contribution >= 4 is 39.0 Å². The van der Waals surface area contributed by atoms with Gasteiger partial charge < -0.3 is 16.4 Å². The van der Waals surface area contributed by atoms with Crippen molar-refractivity contribution in [2.45, 2.75) is 6.92 Å². The summed E-state index contributed by atoms with van der Waals surface area (Å²) in [5.41, 5.74) is 8.74. The molecule has 0 saturated carbocycles. The predicted octanol–water partition coefficient (Wildman–Crippen LogP) is 3.98. The number of nitrogens with two attached hydrogens (primary N) is 1. The molecular formula is C14H14BrN3O. The molecule has 2 aromatic carbocycles. The molecule has 0 aliphatic heterocycles. The van der Waals surface area contributed by atoms with E-state index >= 15 is 0 Å². The fourth-order valence-electron chi connectivity index (χ4n) is 1.58. The normalized spacial score (nSPS) is 10.0. The number of hydrogen-bond acceptors (Lipinski definition) is 2. The SMILES string of the molecule is Cc1cc(NC(=O)Nc2ccc(N)cc2)ccc1Br. The molecule has 2 amide bonds. The number of nitrogens with one attached hydrogen (secondary N) is 2. The number of aryl methyl sites for hydroxylation is 1. The van der Waals surface area contributed by atoms with Crippen LogP contribution in [0.3, 0.4) is 0 Å². The van der Waals surface area contributed by atoms with Crippen LogP contribution in [0.25, 0.3) is 0 Å². The molecule has 4 nitrogen and oxygen atoms in total. The number of urea groups is 1. The summed E-state index contributed by atoms with van der Waals surface area (Å²) in [6.07, 6.45) is 0. The highest BCUT2D eigenvalue weighted by molar-refractivity contribution is 9.10. The Hall–Kier alpha value is -2.01. The third kappa shape index (κ3) is 3.72. The first-order valence-electron chi connectivity index (χ1n) is 5.74. The van der Waals surface area contributed by atoms with Crippen LogP contribution < -0.4 is 16.4 Å². The van der Waals surface area contributed by atoms with Crippen LogP contribution in [0, 0.1) is 6.92 Å². The van der Waals surface area contributed by atoms with E-state index in [1.165, 1.54) is 0 Å². The van der Waals surface area contributed by atoms with Crippen molar-refractivity contribution in [2.24, 2.45) is 0 Å². The first kappa shape index (κ1) is 13.4. The van der Waals surface area contributed by atoms with Gasteiger partial charge in [0, 0.05) is 21.5 Å². The van der Waals surface area contributed by atoms with Gasteiger partial charge in [-0.2, -0.15) is 0 Å². The molecular weight excluding hydrogens is 306 g/mol. The Balaban J connectivity index is 2.01. The van der Waals surface area contributed by atoms with Gasteiger partial charge in [0.2, 0.25) is 0 Å². The fourth-order valence-corrected chi connectivity index (χ4v) is 1.83. The topological polar surface area (TPSA) is 67.2 Å². The van der Waals surface area contributed by atoms with E-state index in [-0.39, 0.29) is 6.03 Å². The number of carbonyl (C=O) groups is 1. The first-order chi connectivity index (χ1) is 9.04. The summed E-state index contributed by atoms with van der Waals surface area (Å²) < 4.78 is 1.01. The van der Waals surface area contributed by atoms with Gasteiger partial charge in [0.1, 0.15) is 0 Å². The van der Waals surface area contributed by atoms with Gasteiger partial charge in [-0.15, -0.1) is 0 Å². The van der Waals surface area contributed by atoms with Crippen molar-refractivity contribution in [3.05, 3.63) is 52.5 Å². The Bertz CT molecular complexity index is 596. The molecule has 2 rings (SSSR count). The molecule has 0 spiro atoms. The minimum absolute atomic E-state index is 0.286. The van der Waals surface area contributed by atoms with Crippen LogP contribution in [-0.2, 0) is 0 Å². The molecule has 0 saturated heterocycles. The average molecular weight is 320 g/mol. The Kier molecular flexibility index (Phi) is 4.06. The summed E-state index contributed by atoms with van der Waals surface area (Å²) >= 11 is 3.42. The summed E-state index contributed by atoms with van der Waals surface area (Å²) in [5.74, 6) is 0. The molecule has 0 bridgehead atoms. The van der Waals surface area contributed by atoms with E-state index in [2.05, 4.69) is 26.6 Å². The van der Waals surface area contributed by atoms with E-state index in [0.717, 1.165) is 15.7 Å². The van der Waals surface area contributed by atoms with E-state index in [0.29, 0.717) is 11.4 Å². The molecule has 0 atom stereocenters. The summed E-state index contributed by atoms with van der Waals surface area (Å²) in [4.78, 5) is 11.8. The van der Waals surface area contributed by atoms with Crippen molar-refractivity contribution in [1.82, 2.24) is 0 Å². The largest absolute Gasteiger partial charge is 0.399 e. The maximum absolute atomic E-state index is 11.8. The standard InChI is InChI=1S/C14H14BrN3O/c1-9-8-12(6-7-13(9)15)18-14(19)17-11-4-2-10(16)3-5-11/h2-8H,16H2,1H3,(H2,17,18,19). The van der Waals surface area contributed by atoms with Gasteiger partial charge in [0.15, 0.2) is 0 Å². The zero-order valence-corrected chi connectivity index (χ0v) is 12.0. The Morgan fingerprint density at radius 1 is 1.05 bits per heavy atom. The molecule has 4 N–H and O–H groups in total. The van der Waals surface area contributed by atoms with Crippen LogP contribution in [0.4, 0.5) is 21.9 Å². The maximum Gasteiger partial charge on any atom is 0.323 e. The molecule has 0 aliphatic carbocycles. The van der Waals surface area contributed by atoms with E-state index in [1.54, 1.807) is 24.3 Å². The van der Waals surface area contributed by atoms with Crippen molar-refractivity contribution in [2.75, 3.05) is 16.4 Å². The molecule has 0 heterocycles. The highest BCUT2D eigenvalue weighted by Crippen LogP contribution is 2.20. The van der Waals surface area contributed by atoms with Crippen molar-refractivity contribution < 1.29 is 4.79 Å². The second-order valence-electron chi connectivity index (χ2n) is 4.17. The first-order valence-corrected chi connectivity index (χ1v) is 6.53. The van der Waals surface area contributed by atoms with Crippen LogP contribution in [0.2, 0.25) is 0 Å². The molecule has 0 aromatic heterocycles. The van der Waals surface area contributed by atoms with Crippen LogP contribution in [0.1, 0.15) is 5.56 Å². The van der Waals surface area contributed by atoms with E-state index in [9.17, 15) is 4.79 Å². The number of hydrogen-bond donors (Lipinski definition) is 3. The summed E-state index contributed by atoms with van der Waals surface area (Å²) in [6.45, 7) is 1.97. The van der Waals surface area contributed by atoms with Crippen LogP contribution in [0.5, 0.6) is 0 Å². The van der Waals surface area contributed by atoms with Gasteiger partial charge >= 0.3 is 6.03 Å². The number of benzene rings is 2. The number of halogens is 1. The van der Waals surface area contributed by atoms with Crippen LogP contribution >= 0.6 is 15.9 Å². The summed E-state index contributed by atoms with van der Waals surface area (Å²) in [6, 6.07) is 12.3. The van der Waals surface area contributed by atoms with Crippen LogP contribution in [-0.4, -0.2) is 6.03 Å². The highest BCUT2D eigenvalue weighted by Gasteiger charge is 2.03. The molecule has 0 unspecified atom stereocenters. The van der Waals surface area contributed by atoms with Gasteiger partial charge in [-0.3, -0.25) is 0 Å². The highest BCUT2D eigenvalue weighted by atomic mass is 79.9. The van der Waals surface area contributed by atoms with Gasteiger partial charge in [-0.25, -0.2) is 4.79 Å². The Morgan fingerprint density at radius 3 is 2.26 bits per heavy atom. The number of rotatable bonds is 2. The Morgan fingerprint density at radius 2 is 1.63 bits per heavy atom. The monoisotopic (exact) mass is 319 g/mol. The number of anilines is 3. The molecule has 19 heavy (non-hydrogen) atoms. The molecule has 5 heteroatoms. The third-order valence-electron chi connectivity index (χ3n) is 2.58. The van der Waals surface area contributed by atoms with E-state index < -0.39 is 0 Å². The van der Waals surface area contributed by atoms with Crippen molar-refractivity contribution in [1.29, 1.82) is 0 Å². The molecule has 98 valence electrons. The predicted molar refractivity (Wildman–Crippen MR) is 82.4 cm³/mol. The quantitative estimate of drug-likeness (QED) is 0.733. The lowest BCUT2D eigenvalue weighted by atomic mass is 10.2. The van der Waals surface area contributed by atoms with Gasteiger partial charge in [-0.05, 0) is 55.0 Å². The number of amides is 2. The van der Waals surface area contributed by atoms with E-state index in [4.69, 9.17) is 5.73 Å². The lowest BCUT2D eigenvalue weighted by Crippen LogP contribution is -2.19. The fraction of sp³-hybridized carbons (Fsp3) is 0.0714. The number of nitrogen functional groups attached to an aromatic ring is 1. The average Bonchev–Trinajstić information content (AvgIpc) is 2.37. The van der Waals surface area contributed by atoms with Gasteiger partial charge in [0.05, 0.1) is 0 Å². The lowest BCUT2D eigenvalue weighted by Gasteiger charge is -2.09. The smallest absolute Gasteiger partial charge is 0.323 e. The van der Waals surface area contributed by atoms with Crippen molar-refractivity contribution in [3.8, 4) is 0 Å². The number of carbonyl (C=O) groups excluding carboxylic acids is 1. The lowest BCUT2D eigenvalue weighted by molar-refractivity contribution is 0.262.